The van der Waals surface area contributed by atoms with E-state index in [-0.39, 0.29) is 16.5 Å². The van der Waals surface area contributed by atoms with E-state index in [1.807, 2.05) is 6.92 Å². The standard InChI is InChI=1S/C9H14O4S3/c1-6(4-13-5-10)15-9(14)16-7(2)8(11)12-3/h5-7H,4H2,1-3H3. The molecule has 0 rings (SSSR count). The molecule has 7 heteroatoms. The van der Waals surface area contributed by atoms with Gasteiger partial charge in [-0.05, 0) is 13.8 Å². The van der Waals surface area contributed by atoms with Crippen LogP contribution in [0.25, 0.3) is 0 Å². The molecule has 0 aromatic carbocycles. The van der Waals surface area contributed by atoms with Crippen LogP contribution in [0.1, 0.15) is 13.8 Å². The molecule has 0 fully saturated rings. The van der Waals surface area contributed by atoms with Gasteiger partial charge in [0.1, 0.15) is 15.4 Å². The molecule has 0 radical (unpaired) electrons. The van der Waals surface area contributed by atoms with E-state index < -0.39 is 0 Å². The van der Waals surface area contributed by atoms with Crippen molar-refractivity contribution in [1.29, 1.82) is 0 Å². The van der Waals surface area contributed by atoms with E-state index >= 15 is 0 Å². The Bertz CT molecular complexity index is 257. The summed E-state index contributed by atoms with van der Waals surface area (Å²) in [7, 11) is 1.34. The van der Waals surface area contributed by atoms with Crippen LogP contribution in [-0.4, -0.2) is 40.2 Å². The minimum atomic E-state index is -0.316. The fourth-order valence-electron chi connectivity index (χ4n) is 0.759. The minimum absolute atomic E-state index is 0.0787. The zero-order valence-corrected chi connectivity index (χ0v) is 11.7. The van der Waals surface area contributed by atoms with Gasteiger partial charge in [0.2, 0.25) is 0 Å². The van der Waals surface area contributed by atoms with Crippen molar-refractivity contribution in [1.82, 2.24) is 0 Å². The Labute approximate surface area is 109 Å². The summed E-state index contributed by atoms with van der Waals surface area (Å²) in [4.78, 5) is 21.1. The minimum Gasteiger partial charge on any atom is -0.468 e. The van der Waals surface area contributed by atoms with Crippen LogP contribution in [0.15, 0.2) is 0 Å². The van der Waals surface area contributed by atoms with Crippen LogP contribution < -0.4 is 0 Å². The van der Waals surface area contributed by atoms with Gasteiger partial charge < -0.3 is 9.47 Å². The summed E-state index contributed by atoms with van der Waals surface area (Å²) in [6, 6.07) is 0. The van der Waals surface area contributed by atoms with Gasteiger partial charge in [0.15, 0.2) is 0 Å². The molecule has 0 heterocycles. The van der Waals surface area contributed by atoms with Crippen molar-refractivity contribution in [3.05, 3.63) is 0 Å². The summed E-state index contributed by atoms with van der Waals surface area (Å²) in [6.07, 6.45) is 0. The molecule has 16 heavy (non-hydrogen) atoms. The molecular weight excluding hydrogens is 268 g/mol. The van der Waals surface area contributed by atoms with Crippen LogP contribution in [0.3, 0.4) is 0 Å². The monoisotopic (exact) mass is 282 g/mol. The van der Waals surface area contributed by atoms with E-state index in [4.69, 9.17) is 12.2 Å². The molecule has 0 aliphatic carbocycles. The summed E-state index contributed by atoms with van der Waals surface area (Å²) >= 11 is 7.77. The Kier molecular flexibility index (Phi) is 8.68. The van der Waals surface area contributed by atoms with Crippen molar-refractivity contribution in [2.45, 2.75) is 24.3 Å². The topological polar surface area (TPSA) is 52.6 Å². The fraction of sp³-hybridized carbons (Fsp3) is 0.667. The van der Waals surface area contributed by atoms with Gasteiger partial charge in [-0.25, -0.2) is 0 Å². The van der Waals surface area contributed by atoms with Gasteiger partial charge in [0.25, 0.3) is 6.47 Å². The zero-order valence-electron chi connectivity index (χ0n) is 9.30. The van der Waals surface area contributed by atoms with E-state index in [1.54, 1.807) is 6.92 Å². The van der Waals surface area contributed by atoms with E-state index in [1.165, 1.54) is 30.6 Å². The first kappa shape index (κ1) is 15.7. The number of carbonyl (C=O) groups excluding carboxylic acids is 2. The number of hydrogen-bond acceptors (Lipinski definition) is 7. The number of carbonyl (C=O) groups is 2. The van der Waals surface area contributed by atoms with Crippen molar-refractivity contribution in [2.24, 2.45) is 0 Å². The maximum Gasteiger partial charge on any atom is 0.318 e. The predicted molar refractivity (Wildman–Crippen MR) is 70.7 cm³/mol. The normalized spacial score (nSPS) is 13.7. The first-order chi connectivity index (χ1) is 7.51. The summed E-state index contributed by atoms with van der Waals surface area (Å²) in [5.74, 6) is -0.301. The molecule has 0 spiro atoms. The molecule has 2 atom stereocenters. The van der Waals surface area contributed by atoms with Crippen molar-refractivity contribution >= 4 is 51.7 Å². The molecule has 2 unspecified atom stereocenters. The lowest BCUT2D eigenvalue weighted by molar-refractivity contribution is -0.139. The lowest BCUT2D eigenvalue weighted by atomic mass is 10.5. The second-order valence-electron chi connectivity index (χ2n) is 2.89. The van der Waals surface area contributed by atoms with Crippen molar-refractivity contribution in [3.8, 4) is 0 Å². The van der Waals surface area contributed by atoms with E-state index in [9.17, 15) is 9.59 Å². The summed E-state index contributed by atoms with van der Waals surface area (Å²) in [6.45, 7) is 4.34. The smallest absolute Gasteiger partial charge is 0.318 e. The number of esters is 1. The van der Waals surface area contributed by atoms with Crippen LogP contribution in [0.5, 0.6) is 0 Å². The summed E-state index contributed by atoms with van der Waals surface area (Å²) < 4.78 is 9.83. The van der Waals surface area contributed by atoms with Gasteiger partial charge in [-0.15, -0.1) is 11.8 Å². The molecule has 0 bridgehead atoms. The third kappa shape index (κ3) is 7.08. The highest BCUT2D eigenvalue weighted by molar-refractivity contribution is 8.47. The van der Waals surface area contributed by atoms with Crippen LogP contribution >= 0.6 is 35.7 Å². The van der Waals surface area contributed by atoms with E-state index in [0.29, 0.717) is 16.6 Å². The Morgan fingerprint density at radius 1 is 1.44 bits per heavy atom. The van der Waals surface area contributed by atoms with Gasteiger partial charge in [-0.3, -0.25) is 9.59 Å². The number of thioether (sulfide) groups is 2. The van der Waals surface area contributed by atoms with Gasteiger partial charge in [0.05, 0.1) is 7.11 Å². The van der Waals surface area contributed by atoms with Crippen molar-refractivity contribution < 1.29 is 19.1 Å². The molecule has 0 aliphatic rings. The average Bonchev–Trinajstić information content (AvgIpc) is 2.24. The Morgan fingerprint density at radius 3 is 2.56 bits per heavy atom. The lowest BCUT2D eigenvalue weighted by Gasteiger charge is -2.12. The lowest BCUT2D eigenvalue weighted by Crippen LogP contribution is -2.17. The third-order valence-corrected chi connectivity index (χ3v) is 4.13. The largest absolute Gasteiger partial charge is 0.468 e. The fourth-order valence-corrected chi connectivity index (χ4v) is 3.79. The van der Waals surface area contributed by atoms with E-state index in [0.717, 1.165) is 0 Å². The van der Waals surface area contributed by atoms with Gasteiger partial charge in [0, 0.05) is 5.25 Å². The molecule has 92 valence electrons. The quantitative estimate of drug-likeness (QED) is 0.419. The first-order valence-corrected chi connectivity index (χ1v) is 6.68. The van der Waals surface area contributed by atoms with Crippen LogP contribution in [0.4, 0.5) is 0 Å². The third-order valence-electron chi connectivity index (χ3n) is 1.50. The number of thiocarbonyl (C=S) groups is 1. The number of methoxy groups -OCH3 is 1. The highest BCUT2D eigenvalue weighted by Gasteiger charge is 2.17. The SMILES string of the molecule is COC(=O)C(C)SC(=S)SC(C)COC=O. The molecular formula is C9H14O4S3. The van der Waals surface area contributed by atoms with Crippen molar-refractivity contribution in [2.75, 3.05) is 13.7 Å². The number of hydrogen-bond donors (Lipinski definition) is 0. The van der Waals surface area contributed by atoms with Gasteiger partial charge in [-0.1, -0.05) is 24.0 Å². The highest BCUT2D eigenvalue weighted by atomic mass is 32.2. The first-order valence-electron chi connectivity index (χ1n) is 4.51. The summed E-state index contributed by atoms with van der Waals surface area (Å²) in [5.41, 5.74) is 0. The zero-order chi connectivity index (χ0) is 12.6. The Balaban J connectivity index is 3.89. The van der Waals surface area contributed by atoms with Crippen LogP contribution in [0.2, 0.25) is 0 Å². The molecule has 0 aliphatic heterocycles. The van der Waals surface area contributed by atoms with Crippen molar-refractivity contribution in [3.63, 3.8) is 0 Å². The summed E-state index contributed by atoms with van der Waals surface area (Å²) in [5, 5.41) is -0.237. The molecule has 4 nitrogen and oxygen atoms in total. The van der Waals surface area contributed by atoms with Crippen LogP contribution in [-0.2, 0) is 19.1 Å². The molecule has 0 N–H and O–H groups in total. The molecule has 0 saturated heterocycles. The average molecular weight is 282 g/mol. The maximum atomic E-state index is 11.1. The molecule has 0 saturated carbocycles. The second-order valence-corrected chi connectivity index (χ2v) is 6.87. The predicted octanol–water partition coefficient (Wildman–Crippen LogP) is 1.86. The maximum absolute atomic E-state index is 11.1. The molecule has 0 amide bonds. The number of rotatable bonds is 6. The molecule has 0 aromatic rings. The van der Waals surface area contributed by atoms with Crippen LogP contribution in [0, 0.1) is 0 Å². The van der Waals surface area contributed by atoms with Gasteiger partial charge >= 0.3 is 5.97 Å². The number of ether oxygens (including phenoxy) is 2. The van der Waals surface area contributed by atoms with Gasteiger partial charge in [-0.2, -0.15) is 0 Å². The second kappa shape index (κ2) is 8.83. The molecule has 0 aromatic heterocycles. The Morgan fingerprint density at radius 2 is 2.06 bits per heavy atom. The Hall–Kier alpha value is -0.270. The van der Waals surface area contributed by atoms with E-state index in [2.05, 4.69) is 9.47 Å². The highest BCUT2D eigenvalue weighted by Crippen LogP contribution is 2.25.